The van der Waals surface area contributed by atoms with Gasteiger partial charge in [0.15, 0.2) is 0 Å². The summed E-state index contributed by atoms with van der Waals surface area (Å²) >= 11 is 0. The van der Waals surface area contributed by atoms with Crippen molar-refractivity contribution in [2.75, 3.05) is 33.8 Å². The van der Waals surface area contributed by atoms with Crippen LogP contribution < -0.4 is 0 Å². The number of hydrogen-bond acceptors (Lipinski definition) is 3. The van der Waals surface area contributed by atoms with E-state index in [2.05, 4.69) is 9.80 Å². The zero-order valence-electron chi connectivity index (χ0n) is 11.9. The number of aliphatic hydroxyl groups excluding tert-OH is 1. The highest BCUT2D eigenvalue weighted by atomic mass is 16.3. The fourth-order valence-electron chi connectivity index (χ4n) is 2.57. The van der Waals surface area contributed by atoms with Crippen LogP contribution >= 0.6 is 0 Å². The molecule has 1 aliphatic carbocycles. The summed E-state index contributed by atoms with van der Waals surface area (Å²) in [5.74, 6) is 0.275. The van der Waals surface area contributed by atoms with Crippen LogP contribution in [0, 0.1) is 0 Å². The third-order valence-electron chi connectivity index (χ3n) is 3.67. The molecule has 4 nitrogen and oxygen atoms in total. The summed E-state index contributed by atoms with van der Waals surface area (Å²) in [6, 6.07) is 0.464. The number of hydrogen-bond donors (Lipinski definition) is 1. The van der Waals surface area contributed by atoms with Crippen molar-refractivity contribution in [3.05, 3.63) is 0 Å². The van der Waals surface area contributed by atoms with Crippen LogP contribution in [-0.4, -0.2) is 60.6 Å². The first-order valence-corrected chi connectivity index (χ1v) is 7.20. The summed E-state index contributed by atoms with van der Waals surface area (Å²) in [7, 11) is 4.09. The molecule has 0 bridgehead atoms. The molecular weight excluding hydrogens is 228 g/mol. The second-order valence-corrected chi connectivity index (χ2v) is 5.51. The Morgan fingerprint density at radius 1 is 1.17 bits per heavy atom. The van der Waals surface area contributed by atoms with Crippen molar-refractivity contribution < 1.29 is 9.90 Å². The zero-order chi connectivity index (χ0) is 13.4. The Kier molecular flexibility index (Phi) is 7.28. The van der Waals surface area contributed by atoms with Crippen LogP contribution in [0.1, 0.15) is 44.9 Å². The molecule has 18 heavy (non-hydrogen) atoms. The molecule has 4 heteroatoms. The lowest BCUT2D eigenvalue weighted by molar-refractivity contribution is -0.133. The van der Waals surface area contributed by atoms with Gasteiger partial charge < -0.3 is 14.9 Å². The van der Waals surface area contributed by atoms with Gasteiger partial charge in [0.05, 0.1) is 0 Å². The molecule has 1 amide bonds. The van der Waals surface area contributed by atoms with Crippen LogP contribution in [-0.2, 0) is 4.79 Å². The maximum atomic E-state index is 12.2. The lowest BCUT2D eigenvalue weighted by Gasteiger charge is -2.30. The summed E-state index contributed by atoms with van der Waals surface area (Å²) in [5.41, 5.74) is 0. The number of aliphatic hydroxyl groups is 1. The van der Waals surface area contributed by atoms with E-state index in [0.717, 1.165) is 25.9 Å². The predicted molar refractivity (Wildman–Crippen MR) is 73.5 cm³/mol. The standard InChI is InChI=1S/C14H28N2O2/c1-15(2)10-11-16(13-7-3-4-8-13)14(18)9-5-6-12-17/h13,17H,3-12H2,1-2H3. The van der Waals surface area contributed by atoms with E-state index in [0.29, 0.717) is 12.5 Å². The van der Waals surface area contributed by atoms with E-state index in [-0.39, 0.29) is 12.5 Å². The molecule has 0 saturated heterocycles. The van der Waals surface area contributed by atoms with Crippen LogP contribution in [0.25, 0.3) is 0 Å². The molecule has 0 aliphatic heterocycles. The van der Waals surface area contributed by atoms with Gasteiger partial charge in [-0.05, 0) is 39.8 Å². The zero-order valence-corrected chi connectivity index (χ0v) is 11.9. The van der Waals surface area contributed by atoms with Crippen LogP contribution in [0.2, 0.25) is 0 Å². The van der Waals surface area contributed by atoms with Crippen LogP contribution in [0.3, 0.4) is 0 Å². The summed E-state index contributed by atoms with van der Waals surface area (Å²) < 4.78 is 0. The van der Waals surface area contributed by atoms with E-state index in [9.17, 15) is 4.79 Å². The van der Waals surface area contributed by atoms with Gasteiger partial charge in [0.1, 0.15) is 0 Å². The molecule has 1 saturated carbocycles. The minimum atomic E-state index is 0.189. The molecule has 0 aromatic carbocycles. The minimum absolute atomic E-state index is 0.189. The first-order chi connectivity index (χ1) is 8.65. The molecule has 0 radical (unpaired) electrons. The van der Waals surface area contributed by atoms with Crippen molar-refractivity contribution in [2.45, 2.75) is 51.0 Å². The number of carbonyl (C=O) groups is 1. The predicted octanol–water partition coefficient (Wildman–Crippen LogP) is 1.48. The Balaban J connectivity index is 2.44. The van der Waals surface area contributed by atoms with E-state index in [1.54, 1.807) is 0 Å². The molecule has 106 valence electrons. The third-order valence-corrected chi connectivity index (χ3v) is 3.67. The average Bonchev–Trinajstić information content (AvgIpc) is 2.83. The average molecular weight is 256 g/mol. The third kappa shape index (κ3) is 5.36. The summed E-state index contributed by atoms with van der Waals surface area (Å²) in [4.78, 5) is 16.5. The largest absolute Gasteiger partial charge is 0.396 e. The van der Waals surface area contributed by atoms with Crippen molar-refractivity contribution in [3.8, 4) is 0 Å². The minimum Gasteiger partial charge on any atom is -0.396 e. The number of amides is 1. The Bertz CT molecular complexity index is 238. The first-order valence-electron chi connectivity index (χ1n) is 7.20. The Labute approximate surface area is 111 Å². The van der Waals surface area contributed by atoms with Crippen molar-refractivity contribution >= 4 is 5.91 Å². The van der Waals surface area contributed by atoms with Gasteiger partial charge in [-0.25, -0.2) is 0 Å². The molecule has 0 aromatic rings. The fourth-order valence-corrected chi connectivity index (χ4v) is 2.57. The highest BCUT2D eigenvalue weighted by Gasteiger charge is 2.25. The summed E-state index contributed by atoms with van der Waals surface area (Å²) in [6.07, 6.45) is 6.97. The first kappa shape index (κ1) is 15.4. The SMILES string of the molecule is CN(C)CCN(C(=O)CCCCO)C1CCCC1. The topological polar surface area (TPSA) is 43.8 Å². The van der Waals surface area contributed by atoms with Crippen molar-refractivity contribution in [1.82, 2.24) is 9.80 Å². The molecule has 1 fully saturated rings. The van der Waals surface area contributed by atoms with Gasteiger partial charge in [-0.15, -0.1) is 0 Å². The Morgan fingerprint density at radius 3 is 2.39 bits per heavy atom. The van der Waals surface area contributed by atoms with Crippen molar-refractivity contribution in [1.29, 1.82) is 0 Å². The molecule has 0 atom stereocenters. The molecular formula is C14H28N2O2. The molecule has 1 aliphatic rings. The van der Waals surface area contributed by atoms with Gasteiger partial charge in [-0.3, -0.25) is 4.79 Å². The van der Waals surface area contributed by atoms with E-state index in [1.165, 1.54) is 25.7 Å². The number of unbranched alkanes of at least 4 members (excludes halogenated alkanes) is 1. The van der Waals surface area contributed by atoms with E-state index in [4.69, 9.17) is 5.11 Å². The highest BCUT2D eigenvalue weighted by Crippen LogP contribution is 2.24. The van der Waals surface area contributed by atoms with E-state index in [1.807, 2.05) is 14.1 Å². The maximum absolute atomic E-state index is 12.2. The second kappa shape index (κ2) is 8.48. The van der Waals surface area contributed by atoms with E-state index >= 15 is 0 Å². The number of carbonyl (C=O) groups excluding carboxylic acids is 1. The van der Waals surface area contributed by atoms with Gasteiger partial charge in [0.2, 0.25) is 5.91 Å². The number of likely N-dealkylation sites (N-methyl/N-ethyl adjacent to an activating group) is 1. The maximum Gasteiger partial charge on any atom is 0.222 e. The van der Waals surface area contributed by atoms with E-state index < -0.39 is 0 Å². The fraction of sp³-hybridized carbons (Fsp3) is 0.929. The van der Waals surface area contributed by atoms with Crippen LogP contribution in [0.15, 0.2) is 0 Å². The summed E-state index contributed by atoms with van der Waals surface area (Å²) in [6.45, 7) is 1.96. The van der Waals surface area contributed by atoms with Gasteiger partial charge in [-0.1, -0.05) is 12.8 Å². The van der Waals surface area contributed by atoms with Gasteiger partial charge in [-0.2, -0.15) is 0 Å². The normalized spacial score (nSPS) is 16.4. The molecule has 0 unspecified atom stereocenters. The lowest BCUT2D eigenvalue weighted by atomic mass is 10.1. The smallest absolute Gasteiger partial charge is 0.222 e. The molecule has 1 N–H and O–H groups in total. The molecule has 0 spiro atoms. The van der Waals surface area contributed by atoms with Crippen LogP contribution in [0.4, 0.5) is 0 Å². The second-order valence-electron chi connectivity index (χ2n) is 5.51. The Morgan fingerprint density at radius 2 is 1.83 bits per heavy atom. The highest BCUT2D eigenvalue weighted by molar-refractivity contribution is 5.76. The number of rotatable bonds is 8. The summed E-state index contributed by atoms with van der Waals surface area (Å²) in [5, 5.41) is 8.77. The Hall–Kier alpha value is -0.610. The van der Waals surface area contributed by atoms with Crippen molar-refractivity contribution in [2.24, 2.45) is 0 Å². The molecule has 1 rings (SSSR count). The molecule has 0 heterocycles. The van der Waals surface area contributed by atoms with Crippen LogP contribution in [0.5, 0.6) is 0 Å². The quantitative estimate of drug-likeness (QED) is 0.669. The lowest BCUT2D eigenvalue weighted by Crippen LogP contribution is -2.42. The van der Waals surface area contributed by atoms with Gasteiger partial charge in [0, 0.05) is 32.2 Å². The van der Waals surface area contributed by atoms with Gasteiger partial charge in [0.25, 0.3) is 0 Å². The van der Waals surface area contributed by atoms with Crippen molar-refractivity contribution in [3.63, 3.8) is 0 Å². The monoisotopic (exact) mass is 256 g/mol. The molecule has 0 aromatic heterocycles. The number of nitrogens with zero attached hydrogens (tertiary/aromatic N) is 2. The van der Waals surface area contributed by atoms with Gasteiger partial charge >= 0.3 is 0 Å².